The lowest BCUT2D eigenvalue weighted by Gasteiger charge is -2.09. The summed E-state index contributed by atoms with van der Waals surface area (Å²) < 4.78 is 0. The molecule has 0 bridgehead atoms. The largest absolute Gasteiger partial charge is 0.381 e. The van der Waals surface area contributed by atoms with Gasteiger partial charge in [0.15, 0.2) is 0 Å². The predicted octanol–water partition coefficient (Wildman–Crippen LogP) is 3.52. The van der Waals surface area contributed by atoms with Crippen LogP contribution in [-0.2, 0) is 17.8 Å². The Hall–Kier alpha value is -2.89. The molecule has 25 heavy (non-hydrogen) atoms. The van der Waals surface area contributed by atoms with E-state index in [0.29, 0.717) is 25.4 Å². The third kappa shape index (κ3) is 6.25. The van der Waals surface area contributed by atoms with Gasteiger partial charge in [0.1, 0.15) is 0 Å². The fourth-order valence-electron chi connectivity index (χ4n) is 2.25. The Bertz CT molecular complexity index is 710. The number of anilines is 1. The lowest BCUT2D eigenvalue weighted by atomic mass is 10.1. The SMILES string of the molecule is CC(C)CNC(=O)Cc1ccc(NCc2ccc([N+](=O)[O-])cc2)cc1. The highest BCUT2D eigenvalue weighted by molar-refractivity contribution is 5.78. The van der Waals surface area contributed by atoms with Gasteiger partial charge in [-0.2, -0.15) is 0 Å². The number of non-ortho nitro benzene ring substituents is 1. The average molecular weight is 341 g/mol. The molecular formula is C19H23N3O3. The van der Waals surface area contributed by atoms with E-state index >= 15 is 0 Å². The Labute approximate surface area is 147 Å². The van der Waals surface area contributed by atoms with E-state index in [1.54, 1.807) is 12.1 Å². The van der Waals surface area contributed by atoms with Crippen LogP contribution in [0.25, 0.3) is 0 Å². The molecule has 0 spiro atoms. The van der Waals surface area contributed by atoms with Crippen molar-refractivity contribution in [2.45, 2.75) is 26.8 Å². The van der Waals surface area contributed by atoms with Crippen molar-refractivity contribution in [1.29, 1.82) is 0 Å². The molecule has 2 aromatic rings. The van der Waals surface area contributed by atoms with E-state index < -0.39 is 4.92 Å². The van der Waals surface area contributed by atoms with Gasteiger partial charge in [-0.15, -0.1) is 0 Å². The summed E-state index contributed by atoms with van der Waals surface area (Å²) in [6.07, 6.45) is 0.370. The number of carbonyl (C=O) groups is 1. The van der Waals surface area contributed by atoms with Gasteiger partial charge in [-0.05, 0) is 29.2 Å². The topological polar surface area (TPSA) is 84.3 Å². The van der Waals surface area contributed by atoms with Crippen LogP contribution in [0.1, 0.15) is 25.0 Å². The molecule has 0 heterocycles. The molecule has 0 saturated carbocycles. The predicted molar refractivity (Wildman–Crippen MR) is 98.4 cm³/mol. The fourth-order valence-corrected chi connectivity index (χ4v) is 2.25. The molecule has 0 aliphatic rings. The Balaban J connectivity index is 1.83. The van der Waals surface area contributed by atoms with E-state index in [-0.39, 0.29) is 11.6 Å². The Kier molecular flexibility index (Phi) is 6.51. The first-order chi connectivity index (χ1) is 11.9. The molecule has 6 heteroatoms. The van der Waals surface area contributed by atoms with Gasteiger partial charge in [-0.3, -0.25) is 14.9 Å². The summed E-state index contributed by atoms with van der Waals surface area (Å²) in [5.41, 5.74) is 2.94. The summed E-state index contributed by atoms with van der Waals surface area (Å²) in [6.45, 7) is 5.39. The number of hydrogen-bond donors (Lipinski definition) is 2. The maximum absolute atomic E-state index is 11.8. The molecule has 0 unspecified atom stereocenters. The van der Waals surface area contributed by atoms with Crippen molar-refractivity contribution in [2.75, 3.05) is 11.9 Å². The molecule has 2 rings (SSSR count). The van der Waals surface area contributed by atoms with E-state index in [1.165, 1.54) is 12.1 Å². The normalized spacial score (nSPS) is 10.5. The van der Waals surface area contributed by atoms with Crippen LogP contribution in [0.15, 0.2) is 48.5 Å². The number of amides is 1. The highest BCUT2D eigenvalue weighted by atomic mass is 16.6. The van der Waals surface area contributed by atoms with E-state index in [0.717, 1.165) is 16.8 Å². The molecular weight excluding hydrogens is 318 g/mol. The van der Waals surface area contributed by atoms with E-state index in [1.807, 2.05) is 24.3 Å². The molecule has 6 nitrogen and oxygen atoms in total. The molecule has 2 aromatic carbocycles. The van der Waals surface area contributed by atoms with Crippen molar-refractivity contribution in [3.8, 4) is 0 Å². The smallest absolute Gasteiger partial charge is 0.269 e. The van der Waals surface area contributed by atoms with Crippen LogP contribution in [0.5, 0.6) is 0 Å². The van der Waals surface area contributed by atoms with Crippen molar-refractivity contribution < 1.29 is 9.72 Å². The Morgan fingerprint density at radius 3 is 2.20 bits per heavy atom. The molecule has 2 N–H and O–H groups in total. The van der Waals surface area contributed by atoms with Gasteiger partial charge in [-0.25, -0.2) is 0 Å². The zero-order valence-electron chi connectivity index (χ0n) is 14.5. The molecule has 0 aliphatic carbocycles. The van der Waals surface area contributed by atoms with Crippen LogP contribution < -0.4 is 10.6 Å². The number of nitrogens with zero attached hydrogens (tertiary/aromatic N) is 1. The van der Waals surface area contributed by atoms with Crippen molar-refractivity contribution in [2.24, 2.45) is 5.92 Å². The average Bonchev–Trinajstić information content (AvgIpc) is 2.60. The van der Waals surface area contributed by atoms with Crippen molar-refractivity contribution in [3.63, 3.8) is 0 Å². The second kappa shape index (κ2) is 8.82. The molecule has 0 fully saturated rings. The lowest BCUT2D eigenvalue weighted by Crippen LogP contribution is -2.28. The number of nitro benzene ring substituents is 1. The van der Waals surface area contributed by atoms with Crippen LogP contribution in [0.3, 0.4) is 0 Å². The van der Waals surface area contributed by atoms with Crippen molar-refractivity contribution >= 4 is 17.3 Å². The van der Waals surface area contributed by atoms with Crippen LogP contribution in [0, 0.1) is 16.0 Å². The van der Waals surface area contributed by atoms with Gasteiger partial charge in [0.05, 0.1) is 11.3 Å². The third-order valence-corrected chi connectivity index (χ3v) is 3.67. The number of hydrogen-bond acceptors (Lipinski definition) is 4. The van der Waals surface area contributed by atoms with Crippen molar-refractivity contribution in [1.82, 2.24) is 5.32 Å². The first kappa shape index (κ1) is 18.4. The molecule has 1 amide bonds. The second-order valence-electron chi connectivity index (χ2n) is 6.35. The molecule has 0 atom stereocenters. The van der Waals surface area contributed by atoms with Gasteiger partial charge in [-0.1, -0.05) is 38.1 Å². The van der Waals surface area contributed by atoms with Gasteiger partial charge < -0.3 is 10.6 Å². The maximum Gasteiger partial charge on any atom is 0.269 e. The molecule has 0 radical (unpaired) electrons. The summed E-state index contributed by atoms with van der Waals surface area (Å²) in [6, 6.07) is 14.2. The molecule has 0 saturated heterocycles. The monoisotopic (exact) mass is 341 g/mol. The summed E-state index contributed by atoms with van der Waals surface area (Å²) in [5.74, 6) is 0.468. The molecule has 0 aromatic heterocycles. The highest BCUT2D eigenvalue weighted by Crippen LogP contribution is 2.15. The maximum atomic E-state index is 11.8. The third-order valence-electron chi connectivity index (χ3n) is 3.67. The first-order valence-electron chi connectivity index (χ1n) is 8.27. The minimum absolute atomic E-state index is 0.0280. The summed E-state index contributed by atoms with van der Waals surface area (Å²) in [7, 11) is 0. The Morgan fingerprint density at radius 2 is 1.64 bits per heavy atom. The quantitative estimate of drug-likeness (QED) is 0.568. The zero-order valence-corrected chi connectivity index (χ0v) is 14.5. The number of rotatable bonds is 8. The molecule has 132 valence electrons. The standard InChI is InChI=1S/C19H23N3O3/c1-14(2)12-21-19(23)11-15-3-7-17(8-4-15)20-13-16-5-9-18(10-6-16)22(24)25/h3-10,14,20H,11-13H2,1-2H3,(H,21,23). The van der Waals surface area contributed by atoms with Crippen LogP contribution in [0.4, 0.5) is 11.4 Å². The van der Waals surface area contributed by atoms with E-state index in [9.17, 15) is 14.9 Å². The molecule has 0 aliphatic heterocycles. The van der Waals surface area contributed by atoms with E-state index in [2.05, 4.69) is 24.5 Å². The van der Waals surface area contributed by atoms with Gasteiger partial charge in [0, 0.05) is 30.9 Å². The second-order valence-corrected chi connectivity index (χ2v) is 6.35. The van der Waals surface area contributed by atoms with Crippen molar-refractivity contribution in [3.05, 3.63) is 69.8 Å². The van der Waals surface area contributed by atoms with Crippen LogP contribution in [-0.4, -0.2) is 17.4 Å². The minimum Gasteiger partial charge on any atom is -0.381 e. The highest BCUT2D eigenvalue weighted by Gasteiger charge is 2.05. The fraction of sp³-hybridized carbons (Fsp3) is 0.316. The number of nitrogens with one attached hydrogen (secondary N) is 2. The first-order valence-corrected chi connectivity index (χ1v) is 8.27. The number of nitro groups is 1. The van der Waals surface area contributed by atoms with E-state index in [4.69, 9.17) is 0 Å². The Morgan fingerprint density at radius 1 is 1.04 bits per heavy atom. The van der Waals surface area contributed by atoms with Crippen LogP contribution in [0.2, 0.25) is 0 Å². The van der Waals surface area contributed by atoms with Gasteiger partial charge in [0.25, 0.3) is 5.69 Å². The minimum atomic E-state index is -0.409. The summed E-state index contributed by atoms with van der Waals surface area (Å²) >= 11 is 0. The number of carbonyl (C=O) groups excluding carboxylic acids is 1. The summed E-state index contributed by atoms with van der Waals surface area (Å²) in [4.78, 5) is 22.0. The van der Waals surface area contributed by atoms with Gasteiger partial charge in [0.2, 0.25) is 5.91 Å². The summed E-state index contributed by atoms with van der Waals surface area (Å²) in [5, 5.41) is 16.8. The zero-order chi connectivity index (χ0) is 18.2. The van der Waals surface area contributed by atoms with Crippen LogP contribution >= 0.6 is 0 Å². The number of benzene rings is 2. The van der Waals surface area contributed by atoms with Gasteiger partial charge >= 0.3 is 0 Å². The lowest BCUT2D eigenvalue weighted by molar-refractivity contribution is -0.384.